The maximum absolute atomic E-state index is 11.8. The van der Waals surface area contributed by atoms with Crippen LogP contribution < -0.4 is 4.74 Å². The third-order valence-electron chi connectivity index (χ3n) is 8.31. The lowest BCUT2D eigenvalue weighted by atomic mass is 10.1. The van der Waals surface area contributed by atoms with Crippen LogP contribution in [0.3, 0.4) is 0 Å². The van der Waals surface area contributed by atoms with Crippen LogP contribution in [-0.2, 0) is 14.8 Å². The number of rotatable bonds is 9. The Balaban J connectivity index is 1.15. The van der Waals surface area contributed by atoms with Crippen LogP contribution in [0.15, 0.2) is 55.0 Å². The predicted molar refractivity (Wildman–Crippen MR) is 173 cm³/mol. The Labute approximate surface area is 266 Å². The first-order valence-corrected chi connectivity index (χ1v) is 17.9. The molecular weight excluding hydrogens is 613 g/mol. The second-order valence-electron chi connectivity index (χ2n) is 11.4. The van der Waals surface area contributed by atoms with Crippen molar-refractivity contribution in [2.75, 3.05) is 52.2 Å². The van der Waals surface area contributed by atoms with Gasteiger partial charge >= 0.3 is 0 Å². The summed E-state index contributed by atoms with van der Waals surface area (Å²) >= 11 is 1.56. The largest absolute Gasteiger partial charge is 0.492 e. The molecule has 0 N–H and O–H groups in total. The molecule has 2 saturated heterocycles. The highest BCUT2D eigenvalue weighted by Gasteiger charge is 2.25. The number of fused-ring (bicyclic) bond motifs is 1. The first-order valence-electron chi connectivity index (χ1n) is 15.2. The number of ether oxygens (including phenoxy) is 2. The van der Waals surface area contributed by atoms with Gasteiger partial charge in [-0.25, -0.2) is 27.6 Å². The average molecular weight is 649 g/mol. The standard InChI is InChI=1S/C31H36N8O4S2/c1-22-27(25-20-24(11-12-38(25)34-22)42-19-17-36-13-15-37(16-14-36)45(2,40)41)31-33-28(23-8-4-3-5-9-23)29(44-31)30-32-21-39(35-30)26-10-6-7-18-43-26/h3-5,8-9,11-12,20-21,26H,6-7,10,13-19H2,1-2H3. The smallest absolute Gasteiger partial charge is 0.211 e. The second kappa shape index (κ2) is 12.6. The van der Waals surface area contributed by atoms with Gasteiger partial charge in [0, 0.05) is 57.2 Å². The number of thiazole rings is 1. The van der Waals surface area contributed by atoms with Gasteiger partial charge in [0.05, 0.1) is 28.7 Å². The summed E-state index contributed by atoms with van der Waals surface area (Å²) in [6.07, 6.45) is 7.95. The van der Waals surface area contributed by atoms with E-state index in [4.69, 9.17) is 29.6 Å². The summed E-state index contributed by atoms with van der Waals surface area (Å²) in [5.41, 5.74) is 4.54. The van der Waals surface area contributed by atoms with Crippen molar-refractivity contribution in [1.29, 1.82) is 0 Å². The predicted octanol–water partition coefficient (Wildman–Crippen LogP) is 4.35. The molecule has 0 amide bonds. The number of hydrogen-bond acceptors (Lipinski definition) is 10. The molecule has 0 bridgehead atoms. The Morgan fingerprint density at radius 3 is 2.64 bits per heavy atom. The Hall–Kier alpha value is -3.69. The molecule has 0 radical (unpaired) electrons. The normalized spacial score (nSPS) is 18.5. The fourth-order valence-corrected chi connectivity index (χ4v) is 7.85. The summed E-state index contributed by atoms with van der Waals surface area (Å²) < 4.78 is 41.0. The molecule has 6 heterocycles. The minimum atomic E-state index is -3.15. The topological polar surface area (TPSA) is 120 Å². The summed E-state index contributed by atoms with van der Waals surface area (Å²) in [4.78, 5) is 13.0. The Morgan fingerprint density at radius 1 is 1.07 bits per heavy atom. The van der Waals surface area contributed by atoms with Crippen LogP contribution in [0.5, 0.6) is 5.75 Å². The van der Waals surface area contributed by atoms with Gasteiger partial charge in [0.2, 0.25) is 10.0 Å². The van der Waals surface area contributed by atoms with E-state index in [1.807, 2.05) is 52.6 Å². The average Bonchev–Trinajstić information content (AvgIpc) is 3.78. The van der Waals surface area contributed by atoms with Gasteiger partial charge in [-0.2, -0.15) is 9.40 Å². The van der Waals surface area contributed by atoms with Crippen molar-refractivity contribution in [1.82, 2.24) is 38.6 Å². The van der Waals surface area contributed by atoms with E-state index in [0.717, 1.165) is 76.1 Å². The van der Waals surface area contributed by atoms with Crippen LogP contribution >= 0.6 is 11.3 Å². The molecule has 12 nitrogen and oxygen atoms in total. The molecule has 1 unspecified atom stereocenters. The first-order chi connectivity index (χ1) is 21.8. The molecule has 7 rings (SSSR count). The monoisotopic (exact) mass is 648 g/mol. The summed E-state index contributed by atoms with van der Waals surface area (Å²) in [5, 5.41) is 10.5. The Bertz CT molecular complexity index is 1890. The minimum absolute atomic E-state index is 0.0926. The van der Waals surface area contributed by atoms with Gasteiger partial charge in [0.1, 0.15) is 28.6 Å². The quantitative estimate of drug-likeness (QED) is 0.230. The molecule has 0 aliphatic carbocycles. The van der Waals surface area contributed by atoms with E-state index in [9.17, 15) is 8.42 Å². The summed E-state index contributed by atoms with van der Waals surface area (Å²) in [6, 6.07) is 14.0. The molecule has 1 aromatic carbocycles. The van der Waals surface area contributed by atoms with Crippen molar-refractivity contribution in [3.8, 4) is 38.3 Å². The summed E-state index contributed by atoms with van der Waals surface area (Å²) in [7, 11) is -3.15. The number of benzene rings is 1. The van der Waals surface area contributed by atoms with Gasteiger partial charge in [0.15, 0.2) is 12.1 Å². The zero-order valence-corrected chi connectivity index (χ0v) is 27.0. The van der Waals surface area contributed by atoms with Crippen LogP contribution in [0.2, 0.25) is 0 Å². The maximum atomic E-state index is 11.8. The van der Waals surface area contributed by atoms with Gasteiger partial charge in [0.25, 0.3) is 0 Å². The molecular formula is C31H36N8O4S2. The van der Waals surface area contributed by atoms with Crippen LogP contribution in [0, 0.1) is 6.92 Å². The molecule has 5 aromatic rings. The zero-order chi connectivity index (χ0) is 31.0. The van der Waals surface area contributed by atoms with Gasteiger partial charge in [-0.1, -0.05) is 30.3 Å². The van der Waals surface area contributed by atoms with E-state index in [1.54, 1.807) is 17.7 Å². The van der Waals surface area contributed by atoms with E-state index in [2.05, 4.69) is 17.0 Å². The third kappa shape index (κ3) is 6.38. The van der Waals surface area contributed by atoms with Crippen LogP contribution in [-0.4, -0.2) is 99.2 Å². The van der Waals surface area contributed by atoms with Gasteiger partial charge in [-0.15, -0.1) is 16.4 Å². The first kappa shape index (κ1) is 30.0. The van der Waals surface area contributed by atoms with Gasteiger partial charge in [-0.05, 0) is 32.3 Å². The molecule has 1 atom stereocenters. The number of hydrogen-bond donors (Lipinski definition) is 0. The highest BCUT2D eigenvalue weighted by atomic mass is 32.2. The van der Waals surface area contributed by atoms with E-state index < -0.39 is 10.0 Å². The number of nitrogens with zero attached hydrogens (tertiary/aromatic N) is 8. The summed E-state index contributed by atoms with van der Waals surface area (Å²) in [6.45, 7) is 6.35. The second-order valence-corrected chi connectivity index (χ2v) is 14.4. The molecule has 236 valence electrons. The lowest BCUT2D eigenvalue weighted by Gasteiger charge is -2.33. The lowest BCUT2D eigenvalue weighted by molar-refractivity contribution is -0.0395. The maximum Gasteiger partial charge on any atom is 0.211 e. The molecule has 45 heavy (non-hydrogen) atoms. The van der Waals surface area contributed by atoms with Crippen molar-refractivity contribution < 1.29 is 17.9 Å². The third-order valence-corrected chi connectivity index (χ3v) is 10.7. The minimum Gasteiger partial charge on any atom is -0.492 e. The van der Waals surface area contributed by atoms with E-state index in [1.165, 1.54) is 10.6 Å². The SMILES string of the molecule is Cc1nn2ccc(OCCN3CCN(S(C)(=O)=O)CC3)cc2c1-c1nc(-c2ccccc2)c(-c2ncn(C3CCCCO3)n2)s1. The lowest BCUT2D eigenvalue weighted by Crippen LogP contribution is -2.49. The fourth-order valence-electron chi connectivity index (χ4n) is 5.90. The van der Waals surface area contributed by atoms with Gasteiger partial charge in [-0.3, -0.25) is 4.90 Å². The Kier molecular flexibility index (Phi) is 8.40. The molecule has 0 spiro atoms. The molecule has 2 aliphatic heterocycles. The van der Waals surface area contributed by atoms with Crippen molar-refractivity contribution in [2.45, 2.75) is 32.4 Å². The van der Waals surface area contributed by atoms with Crippen LogP contribution in [0.4, 0.5) is 0 Å². The number of pyridine rings is 1. The highest BCUT2D eigenvalue weighted by Crippen LogP contribution is 2.42. The van der Waals surface area contributed by atoms with E-state index in [-0.39, 0.29) is 6.23 Å². The summed E-state index contributed by atoms with van der Waals surface area (Å²) in [5.74, 6) is 1.37. The number of aryl methyl sites for hydroxylation is 1. The van der Waals surface area contributed by atoms with E-state index >= 15 is 0 Å². The molecule has 2 fully saturated rings. The molecule has 14 heteroatoms. The van der Waals surface area contributed by atoms with Crippen molar-refractivity contribution in [3.63, 3.8) is 0 Å². The number of piperazine rings is 1. The molecule has 2 aliphatic rings. The van der Waals surface area contributed by atoms with E-state index in [0.29, 0.717) is 38.6 Å². The highest BCUT2D eigenvalue weighted by molar-refractivity contribution is 7.88. The van der Waals surface area contributed by atoms with Crippen molar-refractivity contribution >= 4 is 26.9 Å². The van der Waals surface area contributed by atoms with Crippen molar-refractivity contribution in [3.05, 3.63) is 60.7 Å². The van der Waals surface area contributed by atoms with Crippen molar-refractivity contribution in [2.24, 2.45) is 0 Å². The Morgan fingerprint density at radius 2 is 1.89 bits per heavy atom. The van der Waals surface area contributed by atoms with Gasteiger partial charge < -0.3 is 9.47 Å². The molecule has 0 saturated carbocycles. The number of aromatic nitrogens is 6. The fraction of sp³-hybridized carbons (Fsp3) is 0.419. The molecule has 4 aromatic heterocycles. The van der Waals surface area contributed by atoms with Crippen LogP contribution in [0.25, 0.3) is 38.0 Å². The van der Waals surface area contributed by atoms with Crippen LogP contribution in [0.1, 0.15) is 31.2 Å². The zero-order valence-electron chi connectivity index (χ0n) is 25.4. The number of sulfonamides is 1.